The van der Waals surface area contributed by atoms with Gasteiger partial charge in [0.15, 0.2) is 0 Å². The second kappa shape index (κ2) is 10.8. The monoisotopic (exact) mass is 516 g/mol. The predicted molar refractivity (Wildman–Crippen MR) is 136 cm³/mol. The molecule has 194 valence electrons. The summed E-state index contributed by atoms with van der Waals surface area (Å²) in [6.07, 6.45) is 4.87. The van der Waals surface area contributed by atoms with Crippen molar-refractivity contribution in [3.05, 3.63) is 29.7 Å². The van der Waals surface area contributed by atoms with Gasteiger partial charge in [-0.3, -0.25) is 9.59 Å². The molecular weight excluding hydrogens is 484 g/mol. The van der Waals surface area contributed by atoms with Crippen LogP contribution in [0.5, 0.6) is 0 Å². The molecule has 2 aromatic rings. The molecule has 4 heterocycles. The van der Waals surface area contributed by atoms with Crippen LogP contribution in [0.3, 0.4) is 0 Å². The zero-order chi connectivity index (χ0) is 25.9. The standard InChI is InChI=1S/C24H32N6O5S/c1-5-34-22(32)15-7-9-30(12-17(15)28-23(33)35-24(2,3)4)21(31)18-13-29(10-11-36-18)20-16-6-8-25-19(16)26-14-27-20/h6,8,13-15,17H,5,7,9-12H2,1-4H3,(H,28,33)(H,25,26,27)/t15-,17-/m0/s1. The normalized spacial score (nSPS) is 20.6. The highest BCUT2D eigenvalue weighted by Crippen LogP contribution is 2.31. The lowest BCUT2D eigenvalue weighted by Gasteiger charge is -2.38. The Morgan fingerprint density at radius 2 is 2.06 bits per heavy atom. The van der Waals surface area contributed by atoms with Gasteiger partial charge >= 0.3 is 12.1 Å². The van der Waals surface area contributed by atoms with E-state index in [1.54, 1.807) is 32.6 Å². The topological polar surface area (TPSA) is 130 Å². The first-order chi connectivity index (χ1) is 17.2. The number of aromatic amines is 1. The lowest BCUT2D eigenvalue weighted by atomic mass is 9.91. The van der Waals surface area contributed by atoms with Crippen LogP contribution >= 0.6 is 11.8 Å². The predicted octanol–water partition coefficient (Wildman–Crippen LogP) is 2.66. The summed E-state index contributed by atoms with van der Waals surface area (Å²) in [5.41, 5.74) is 0.0450. The third-order valence-corrected chi connectivity index (χ3v) is 6.85. The van der Waals surface area contributed by atoms with Crippen molar-refractivity contribution in [1.29, 1.82) is 0 Å². The van der Waals surface area contributed by atoms with Crippen molar-refractivity contribution in [2.24, 2.45) is 5.92 Å². The molecule has 4 rings (SSSR count). The Bertz CT molecular complexity index is 1160. The lowest BCUT2D eigenvalue weighted by Crippen LogP contribution is -2.57. The summed E-state index contributed by atoms with van der Waals surface area (Å²) in [5.74, 6) is 0.350. The molecule has 0 saturated carbocycles. The van der Waals surface area contributed by atoms with E-state index in [-0.39, 0.29) is 25.0 Å². The Hall–Kier alpha value is -3.28. The Morgan fingerprint density at radius 1 is 1.25 bits per heavy atom. The number of hydrogen-bond acceptors (Lipinski definition) is 9. The highest BCUT2D eigenvalue weighted by atomic mass is 32.2. The maximum atomic E-state index is 13.5. The first-order valence-electron chi connectivity index (χ1n) is 12.0. The second-order valence-electron chi connectivity index (χ2n) is 9.62. The Morgan fingerprint density at radius 3 is 2.81 bits per heavy atom. The largest absolute Gasteiger partial charge is 0.466 e. The molecule has 2 amide bonds. The molecule has 0 spiro atoms. The summed E-state index contributed by atoms with van der Waals surface area (Å²) in [6.45, 7) is 8.54. The number of anilines is 1. The highest BCUT2D eigenvalue weighted by Gasteiger charge is 2.39. The molecule has 0 aromatic carbocycles. The van der Waals surface area contributed by atoms with Gasteiger partial charge in [-0.2, -0.15) is 0 Å². The summed E-state index contributed by atoms with van der Waals surface area (Å²) in [4.78, 5) is 54.6. The molecule has 11 nitrogen and oxygen atoms in total. The summed E-state index contributed by atoms with van der Waals surface area (Å²) >= 11 is 1.48. The molecule has 1 saturated heterocycles. The first-order valence-corrected chi connectivity index (χ1v) is 13.0. The molecular formula is C24H32N6O5S. The summed E-state index contributed by atoms with van der Waals surface area (Å²) < 4.78 is 10.6. The zero-order valence-corrected chi connectivity index (χ0v) is 21.8. The molecule has 0 radical (unpaired) electrons. The number of likely N-dealkylation sites (tertiary alicyclic amines) is 1. The number of hydrogen-bond donors (Lipinski definition) is 2. The van der Waals surface area contributed by atoms with E-state index in [0.29, 0.717) is 30.2 Å². The minimum atomic E-state index is -0.688. The molecule has 1 fully saturated rings. The van der Waals surface area contributed by atoms with Crippen molar-refractivity contribution in [2.75, 3.05) is 36.9 Å². The molecule has 36 heavy (non-hydrogen) atoms. The molecule has 2 atom stereocenters. The van der Waals surface area contributed by atoms with E-state index in [2.05, 4.69) is 20.3 Å². The van der Waals surface area contributed by atoms with Gasteiger partial charge in [0.25, 0.3) is 5.91 Å². The summed E-state index contributed by atoms with van der Waals surface area (Å²) in [5, 5.41) is 3.67. The maximum Gasteiger partial charge on any atom is 0.407 e. The summed E-state index contributed by atoms with van der Waals surface area (Å²) in [6, 6.07) is 1.29. The van der Waals surface area contributed by atoms with E-state index in [0.717, 1.165) is 16.9 Å². The van der Waals surface area contributed by atoms with Crippen LogP contribution in [-0.4, -0.2) is 81.5 Å². The van der Waals surface area contributed by atoms with E-state index in [1.165, 1.54) is 18.1 Å². The average Bonchev–Trinajstić information content (AvgIpc) is 3.31. The van der Waals surface area contributed by atoms with Crippen LogP contribution in [-0.2, 0) is 19.1 Å². The second-order valence-corrected chi connectivity index (χ2v) is 10.8. The number of nitrogens with one attached hydrogen (secondary N) is 2. The van der Waals surface area contributed by atoms with Crippen LogP contribution in [0.25, 0.3) is 11.0 Å². The Balaban J connectivity index is 1.51. The number of thioether (sulfide) groups is 1. The smallest absolute Gasteiger partial charge is 0.407 e. The SMILES string of the molecule is CCOC(=O)[C@H]1CCN(C(=O)C2=CN(c3ncnc4[nH]ccc34)CCS2)C[C@@H]1NC(=O)OC(C)(C)C. The van der Waals surface area contributed by atoms with Gasteiger partial charge in [-0.25, -0.2) is 14.8 Å². The number of H-pyrrole nitrogens is 1. The van der Waals surface area contributed by atoms with Crippen molar-refractivity contribution in [3.63, 3.8) is 0 Å². The minimum Gasteiger partial charge on any atom is -0.466 e. The molecule has 2 aliphatic rings. The number of ether oxygens (including phenoxy) is 2. The fourth-order valence-corrected chi connectivity index (χ4v) is 5.26. The van der Waals surface area contributed by atoms with E-state index < -0.39 is 23.7 Å². The van der Waals surface area contributed by atoms with Crippen molar-refractivity contribution >= 4 is 46.6 Å². The van der Waals surface area contributed by atoms with Gasteiger partial charge in [-0.05, 0) is 40.2 Å². The number of alkyl carbamates (subject to hydrolysis) is 1. The fraction of sp³-hybridized carbons (Fsp3) is 0.542. The average molecular weight is 517 g/mol. The third kappa shape index (κ3) is 5.92. The van der Waals surface area contributed by atoms with E-state index in [9.17, 15) is 14.4 Å². The van der Waals surface area contributed by atoms with Gasteiger partial charge in [0.05, 0.1) is 28.9 Å². The maximum absolute atomic E-state index is 13.5. The van der Waals surface area contributed by atoms with Gasteiger partial charge in [0, 0.05) is 37.8 Å². The van der Waals surface area contributed by atoms with Crippen LogP contribution in [0.4, 0.5) is 10.6 Å². The number of nitrogens with zero attached hydrogens (tertiary/aromatic N) is 4. The Labute approximate surface area is 214 Å². The molecule has 12 heteroatoms. The number of amides is 2. The Kier molecular flexibility index (Phi) is 7.72. The van der Waals surface area contributed by atoms with Crippen molar-refractivity contribution < 1.29 is 23.9 Å². The van der Waals surface area contributed by atoms with Crippen LogP contribution in [0, 0.1) is 5.92 Å². The van der Waals surface area contributed by atoms with Gasteiger partial charge in [0.1, 0.15) is 23.4 Å². The number of carbonyl (C=O) groups excluding carboxylic acids is 3. The van der Waals surface area contributed by atoms with Gasteiger partial charge in [0.2, 0.25) is 0 Å². The highest BCUT2D eigenvalue weighted by molar-refractivity contribution is 8.04. The van der Waals surface area contributed by atoms with Crippen molar-refractivity contribution in [1.82, 2.24) is 25.2 Å². The quantitative estimate of drug-likeness (QED) is 0.576. The van der Waals surface area contributed by atoms with Gasteiger partial charge in [-0.15, -0.1) is 11.8 Å². The lowest BCUT2D eigenvalue weighted by molar-refractivity contribution is -0.152. The third-order valence-electron chi connectivity index (χ3n) is 5.87. The minimum absolute atomic E-state index is 0.151. The number of piperidine rings is 1. The number of aromatic nitrogens is 3. The van der Waals surface area contributed by atoms with Crippen LogP contribution < -0.4 is 10.2 Å². The number of esters is 1. The zero-order valence-electron chi connectivity index (χ0n) is 20.9. The van der Waals surface area contributed by atoms with Crippen LogP contribution in [0.15, 0.2) is 29.7 Å². The molecule has 0 unspecified atom stereocenters. The van der Waals surface area contributed by atoms with E-state index >= 15 is 0 Å². The molecule has 0 bridgehead atoms. The first kappa shape index (κ1) is 25.8. The summed E-state index contributed by atoms with van der Waals surface area (Å²) in [7, 11) is 0. The molecule has 2 N–H and O–H groups in total. The van der Waals surface area contributed by atoms with Crippen molar-refractivity contribution in [3.8, 4) is 0 Å². The number of fused-ring (bicyclic) bond motifs is 1. The number of rotatable bonds is 5. The van der Waals surface area contributed by atoms with Gasteiger partial charge < -0.3 is 29.6 Å². The molecule has 0 aliphatic carbocycles. The van der Waals surface area contributed by atoms with E-state index in [4.69, 9.17) is 9.47 Å². The molecule has 2 aliphatic heterocycles. The van der Waals surface area contributed by atoms with Gasteiger partial charge in [-0.1, -0.05) is 0 Å². The van der Waals surface area contributed by atoms with Crippen molar-refractivity contribution in [2.45, 2.75) is 45.8 Å². The fourth-order valence-electron chi connectivity index (χ4n) is 4.30. The van der Waals surface area contributed by atoms with Crippen LogP contribution in [0.2, 0.25) is 0 Å². The molecule has 2 aromatic heterocycles. The number of carbonyl (C=O) groups is 3. The van der Waals surface area contributed by atoms with E-state index in [1.807, 2.05) is 23.4 Å². The van der Waals surface area contributed by atoms with Crippen LogP contribution in [0.1, 0.15) is 34.1 Å².